The molecule has 1 heterocycles. The summed E-state index contributed by atoms with van der Waals surface area (Å²) >= 11 is 3.38. The highest BCUT2D eigenvalue weighted by Gasteiger charge is 2.40. The molecule has 2 rings (SSSR count). The summed E-state index contributed by atoms with van der Waals surface area (Å²) in [5.41, 5.74) is 1.27. The highest BCUT2D eigenvalue weighted by atomic mass is 79.9. The molecular weight excluding hydrogens is 308 g/mol. The van der Waals surface area contributed by atoms with Gasteiger partial charge in [-0.3, -0.25) is 0 Å². The zero-order chi connectivity index (χ0) is 14.2. The largest absolute Gasteiger partial charge is 0.482 e. The summed E-state index contributed by atoms with van der Waals surface area (Å²) in [6.45, 7) is 7.72. The Kier molecular flexibility index (Phi) is 3.54. The molecule has 0 aromatic heterocycles. The van der Waals surface area contributed by atoms with E-state index >= 15 is 0 Å². The molecule has 0 fully saturated rings. The quantitative estimate of drug-likeness (QED) is 0.779. The Hall–Kier alpha value is -1.55. The number of hydrogen-bond acceptors (Lipinski definition) is 3. The van der Waals surface area contributed by atoms with Crippen LogP contribution in [0.2, 0.25) is 0 Å². The molecule has 1 aromatic rings. The minimum absolute atomic E-state index is 0.412. The number of halogens is 1. The number of ether oxygens (including phenoxy) is 2. The van der Waals surface area contributed by atoms with E-state index in [0.29, 0.717) is 16.9 Å². The first-order valence-corrected chi connectivity index (χ1v) is 6.63. The Bertz CT molecular complexity index is 568. The fourth-order valence-corrected chi connectivity index (χ4v) is 2.19. The van der Waals surface area contributed by atoms with Gasteiger partial charge in [0.1, 0.15) is 16.9 Å². The summed E-state index contributed by atoms with van der Waals surface area (Å²) in [4.78, 5) is 11.9. The first-order chi connectivity index (χ1) is 8.86. The Morgan fingerprint density at radius 2 is 1.89 bits per heavy atom. The van der Waals surface area contributed by atoms with Gasteiger partial charge in [-0.1, -0.05) is 34.6 Å². The molecule has 1 aromatic carbocycles. The van der Waals surface area contributed by atoms with E-state index in [2.05, 4.69) is 22.5 Å². The third kappa shape index (κ3) is 2.45. The second kappa shape index (κ2) is 4.85. The third-order valence-electron chi connectivity index (χ3n) is 3.11. The molecule has 0 N–H and O–H groups in total. The van der Waals surface area contributed by atoms with Crippen LogP contribution in [0.3, 0.4) is 0 Å². The van der Waals surface area contributed by atoms with Gasteiger partial charge in [-0.2, -0.15) is 0 Å². The Labute approximate surface area is 121 Å². The molecule has 0 aliphatic carbocycles. The van der Waals surface area contributed by atoms with Crippen molar-refractivity contribution < 1.29 is 14.3 Å². The van der Waals surface area contributed by atoms with Crippen LogP contribution in [0.15, 0.2) is 46.5 Å². The number of carbonyl (C=O) groups is 1. The van der Waals surface area contributed by atoms with Gasteiger partial charge < -0.3 is 9.47 Å². The van der Waals surface area contributed by atoms with Crippen LogP contribution in [-0.2, 0) is 14.3 Å². The van der Waals surface area contributed by atoms with Crippen LogP contribution >= 0.6 is 15.9 Å². The number of rotatable bonds is 2. The minimum Gasteiger partial charge on any atom is -0.482 e. The van der Waals surface area contributed by atoms with Crippen molar-refractivity contribution in [1.82, 2.24) is 0 Å². The summed E-state index contributed by atoms with van der Waals surface area (Å²) in [5, 5.41) is 0. The molecule has 3 nitrogen and oxygen atoms in total. The Morgan fingerprint density at radius 3 is 2.42 bits per heavy atom. The van der Waals surface area contributed by atoms with E-state index < -0.39 is 11.6 Å². The fourth-order valence-electron chi connectivity index (χ4n) is 1.93. The van der Waals surface area contributed by atoms with Gasteiger partial charge in [0.2, 0.25) is 0 Å². The molecule has 0 spiro atoms. The molecule has 0 saturated heterocycles. The van der Waals surface area contributed by atoms with E-state index in [0.717, 1.165) is 10.0 Å². The zero-order valence-electron chi connectivity index (χ0n) is 11.1. The molecule has 0 atom stereocenters. The van der Waals surface area contributed by atoms with Crippen LogP contribution in [0.5, 0.6) is 0 Å². The van der Waals surface area contributed by atoms with Crippen molar-refractivity contribution in [3.63, 3.8) is 0 Å². The SMILES string of the molecule is C=C1C(C(=O)OC)=C(c2ccc(Br)cc2)OC1(C)C. The van der Waals surface area contributed by atoms with Crippen molar-refractivity contribution in [3.8, 4) is 0 Å². The summed E-state index contributed by atoms with van der Waals surface area (Å²) in [7, 11) is 1.35. The summed E-state index contributed by atoms with van der Waals surface area (Å²) < 4.78 is 11.7. The molecular formula is C15H15BrO3. The second-order valence-electron chi connectivity index (χ2n) is 4.79. The van der Waals surface area contributed by atoms with E-state index in [9.17, 15) is 4.79 Å². The number of carbonyl (C=O) groups excluding carboxylic acids is 1. The van der Waals surface area contributed by atoms with Crippen LogP contribution < -0.4 is 0 Å². The maximum atomic E-state index is 11.9. The van der Waals surface area contributed by atoms with Gasteiger partial charge in [-0.05, 0) is 26.0 Å². The van der Waals surface area contributed by atoms with Crippen molar-refractivity contribution in [2.45, 2.75) is 19.4 Å². The molecule has 100 valence electrons. The lowest BCUT2D eigenvalue weighted by Crippen LogP contribution is -2.22. The molecule has 0 saturated carbocycles. The van der Waals surface area contributed by atoms with E-state index in [4.69, 9.17) is 9.47 Å². The average molecular weight is 323 g/mol. The van der Waals surface area contributed by atoms with Crippen LogP contribution in [0.4, 0.5) is 0 Å². The third-order valence-corrected chi connectivity index (χ3v) is 3.64. The summed E-state index contributed by atoms with van der Waals surface area (Å²) in [6, 6.07) is 7.57. The van der Waals surface area contributed by atoms with E-state index in [-0.39, 0.29) is 0 Å². The minimum atomic E-state index is -0.605. The molecule has 0 amide bonds. The van der Waals surface area contributed by atoms with Gasteiger partial charge in [0, 0.05) is 15.6 Å². The number of benzene rings is 1. The Balaban J connectivity index is 2.55. The predicted molar refractivity (Wildman–Crippen MR) is 77.4 cm³/mol. The molecule has 19 heavy (non-hydrogen) atoms. The zero-order valence-corrected chi connectivity index (χ0v) is 12.7. The monoisotopic (exact) mass is 322 g/mol. The molecule has 1 aliphatic rings. The summed E-state index contributed by atoms with van der Waals surface area (Å²) in [6.07, 6.45) is 0. The molecule has 0 radical (unpaired) electrons. The second-order valence-corrected chi connectivity index (χ2v) is 5.71. The van der Waals surface area contributed by atoms with Crippen LogP contribution in [-0.4, -0.2) is 18.7 Å². The standard InChI is InChI=1S/C15H15BrO3/c1-9-12(14(17)18-4)13(19-15(9,2)3)10-5-7-11(16)8-6-10/h5-8H,1H2,2-4H3. The van der Waals surface area contributed by atoms with Crippen LogP contribution in [0.1, 0.15) is 19.4 Å². The molecule has 0 unspecified atom stereocenters. The van der Waals surface area contributed by atoms with Crippen molar-refractivity contribution in [3.05, 3.63) is 52.0 Å². The van der Waals surface area contributed by atoms with Gasteiger partial charge in [-0.25, -0.2) is 4.79 Å². The van der Waals surface area contributed by atoms with Crippen LogP contribution in [0.25, 0.3) is 5.76 Å². The van der Waals surface area contributed by atoms with Gasteiger partial charge in [0.05, 0.1) is 7.11 Å². The molecule has 0 bridgehead atoms. The van der Waals surface area contributed by atoms with Crippen molar-refractivity contribution >= 4 is 27.7 Å². The maximum absolute atomic E-state index is 11.9. The number of esters is 1. The highest BCUT2D eigenvalue weighted by Crippen LogP contribution is 2.42. The Morgan fingerprint density at radius 1 is 1.32 bits per heavy atom. The average Bonchev–Trinajstić information content (AvgIpc) is 2.61. The summed E-state index contributed by atoms with van der Waals surface area (Å²) in [5.74, 6) is 0.0999. The highest BCUT2D eigenvalue weighted by molar-refractivity contribution is 9.10. The van der Waals surface area contributed by atoms with Gasteiger partial charge in [0.15, 0.2) is 0 Å². The van der Waals surface area contributed by atoms with E-state index in [1.165, 1.54) is 7.11 Å². The van der Waals surface area contributed by atoms with Gasteiger partial charge in [0.25, 0.3) is 0 Å². The van der Waals surface area contributed by atoms with Crippen LogP contribution in [0, 0.1) is 0 Å². The van der Waals surface area contributed by atoms with Crippen molar-refractivity contribution in [2.75, 3.05) is 7.11 Å². The van der Waals surface area contributed by atoms with E-state index in [1.807, 2.05) is 38.1 Å². The smallest absolute Gasteiger partial charge is 0.342 e. The van der Waals surface area contributed by atoms with Crippen molar-refractivity contribution in [2.24, 2.45) is 0 Å². The molecule has 4 heteroatoms. The topological polar surface area (TPSA) is 35.5 Å². The lowest BCUT2D eigenvalue weighted by Gasteiger charge is -2.21. The van der Waals surface area contributed by atoms with Gasteiger partial charge in [-0.15, -0.1) is 0 Å². The predicted octanol–water partition coefficient (Wildman–Crippen LogP) is 3.70. The maximum Gasteiger partial charge on any atom is 0.342 e. The lowest BCUT2D eigenvalue weighted by atomic mass is 9.94. The first kappa shape index (κ1) is 13.9. The molecule has 1 aliphatic heterocycles. The van der Waals surface area contributed by atoms with Crippen molar-refractivity contribution in [1.29, 1.82) is 0 Å². The fraction of sp³-hybridized carbons (Fsp3) is 0.267. The number of methoxy groups -OCH3 is 1. The normalized spacial score (nSPS) is 17.4. The lowest BCUT2D eigenvalue weighted by molar-refractivity contribution is -0.135. The van der Waals surface area contributed by atoms with Gasteiger partial charge >= 0.3 is 5.97 Å². The van der Waals surface area contributed by atoms with E-state index in [1.54, 1.807) is 0 Å². The first-order valence-electron chi connectivity index (χ1n) is 5.84. The number of hydrogen-bond donors (Lipinski definition) is 0.